The molecular weight excluding hydrogens is 538 g/mol. The van der Waals surface area contributed by atoms with E-state index >= 15 is 0 Å². The third-order valence-corrected chi connectivity index (χ3v) is 9.20. The maximum Gasteiger partial charge on any atom is 0.209 e. The Kier molecular flexibility index (Phi) is 5.54. The van der Waals surface area contributed by atoms with Crippen LogP contribution in [0.1, 0.15) is 16.7 Å². The molecule has 0 unspecified atom stereocenters. The van der Waals surface area contributed by atoms with Crippen LogP contribution in [0, 0.1) is 0 Å². The highest BCUT2D eigenvalue weighted by Crippen LogP contribution is 2.42. The van der Waals surface area contributed by atoms with Crippen LogP contribution in [0.2, 0.25) is 0 Å². The Balaban J connectivity index is 1.26. The van der Waals surface area contributed by atoms with Crippen LogP contribution >= 0.6 is 0 Å². The first kappa shape index (κ1) is 25.0. The van der Waals surface area contributed by atoms with Crippen molar-refractivity contribution in [3.63, 3.8) is 0 Å². The largest absolute Gasteiger partial charge is 0.294 e. The number of aromatic nitrogens is 3. The van der Waals surface area contributed by atoms with Crippen LogP contribution in [0.4, 0.5) is 23.0 Å². The van der Waals surface area contributed by atoms with Crippen molar-refractivity contribution in [2.24, 2.45) is 0 Å². The molecule has 0 atom stereocenters. The highest BCUT2D eigenvalue weighted by Gasteiger charge is 2.27. The number of anilines is 3. The van der Waals surface area contributed by atoms with E-state index in [0.29, 0.717) is 0 Å². The van der Waals surface area contributed by atoms with Crippen molar-refractivity contribution in [3.8, 4) is 17.1 Å². The number of benzene rings is 4. The van der Waals surface area contributed by atoms with Crippen molar-refractivity contribution in [1.82, 2.24) is 14.5 Å². The predicted octanol–water partition coefficient (Wildman–Crippen LogP) is 8.71. The van der Waals surface area contributed by atoms with Gasteiger partial charge in [-0.2, -0.15) is 0 Å². The number of fused-ring (bicyclic) bond motifs is 6. The maximum absolute atomic E-state index is 5.44. The summed E-state index contributed by atoms with van der Waals surface area (Å²) in [5.41, 5.74) is 10.7. The Hall–Kier alpha value is -5.55. The molecule has 5 heteroatoms. The Morgan fingerprint density at radius 1 is 0.614 bits per heavy atom. The average molecular weight is 569 g/mol. The van der Waals surface area contributed by atoms with E-state index < -0.39 is 0 Å². The van der Waals surface area contributed by atoms with E-state index in [0.717, 1.165) is 59.1 Å². The zero-order valence-corrected chi connectivity index (χ0v) is 24.5. The van der Waals surface area contributed by atoms with E-state index in [-0.39, 0.29) is 0 Å². The van der Waals surface area contributed by atoms with Gasteiger partial charge in [0.2, 0.25) is 5.69 Å². The summed E-state index contributed by atoms with van der Waals surface area (Å²) >= 11 is 0. The van der Waals surface area contributed by atoms with Crippen molar-refractivity contribution in [3.05, 3.63) is 138 Å². The topological polar surface area (TPSA) is 37.0 Å². The van der Waals surface area contributed by atoms with Crippen LogP contribution in [0.25, 0.3) is 38.9 Å². The maximum atomic E-state index is 5.44. The molecule has 7 aromatic rings. The highest BCUT2D eigenvalue weighted by atomic mass is 15.3. The molecule has 5 heterocycles. The van der Waals surface area contributed by atoms with E-state index in [1.54, 1.807) is 0 Å². The van der Waals surface area contributed by atoms with E-state index in [1.165, 1.54) is 38.7 Å². The highest BCUT2D eigenvalue weighted by molar-refractivity contribution is 6.09. The molecule has 9 rings (SSSR count). The minimum atomic E-state index is 0.857. The summed E-state index contributed by atoms with van der Waals surface area (Å²) in [4.78, 5) is 13.1. The van der Waals surface area contributed by atoms with Gasteiger partial charge in [0.05, 0.1) is 28.8 Å². The molecule has 210 valence electrons. The summed E-state index contributed by atoms with van der Waals surface area (Å²) in [6.45, 7) is 0. The minimum absolute atomic E-state index is 0.857. The molecule has 2 aliphatic heterocycles. The van der Waals surface area contributed by atoms with Gasteiger partial charge in [-0.15, -0.1) is 0 Å². The van der Waals surface area contributed by atoms with Crippen LogP contribution in [0.3, 0.4) is 0 Å². The normalized spacial score (nSPS) is 13.8. The van der Waals surface area contributed by atoms with Gasteiger partial charge in [0.25, 0.3) is 0 Å². The molecule has 0 aliphatic carbocycles. The number of pyridine rings is 2. The number of hydrogen-bond acceptors (Lipinski definition) is 3. The second kappa shape index (κ2) is 9.75. The second-order valence-electron chi connectivity index (χ2n) is 11.7. The zero-order chi connectivity index (χ0) is 29.2. The zero-order valence-electron chi connectivity index (χ0n) is 24.5. The Bertz CT molecular complexity index is 2240. The average Bonchev–Trinajstić information content (AvgIpc) is 3.57. The fraction of sp³-hybridized carbons (Fsp3) is 0.103. The van der Waals surface area contributed by atoms with E-state index in [1.807, 2.05) is 0 Å². The number of rotatable bonds is 3. The number of nitrogens with zero attached hydrogens (tertiary/aromatic N) is 5. The van der Waals surface area contributed by atoms with Gasteiger partial charge in [-0.3, -0.25) is 9.47 Å². The fourth-order valence-corrected chi connectivity index (χ4v) is 7.09. The van der Waals surface area contributed by atoms with Crippen molar-refractivity contribution in [1.29, 1.82) is 0 Å². The third-order valence-electron chi connectivity index (χ3n) is 9.20. The van der Waals surface area contributed by atoms with E-state index in [9.17, 15) is 0 Å². The molecule has 44 heavy (non-hydrogen) atoms. The van der Waals surface area contributed by atoms with Gasteiger partial charge < -0.3 is 0 Å². The summed E-state index contributed by atoms with van der Waals surface area (Å²) in [7, 11) is 2.12. The van der Waals surface area contributed by atoms with Crippen LogP contribution in [-0.4, -0.2) is 32.4 Å². The first-order chi connectivity index (χ1) is 21.7. The molecule has 0 bridgehead atoms. The molecule has 4 aromatic carbocycles. The van der Waals surface area contributed by atoms with Gasteiger partial charge >= 0.3 is 0 Å². The first-order valence-electron chi connectivity index (χ1n) is 15.3. The van der Waals surface area contributed by atoms with Gasteiger partial charge in [0.15, 0.2) is 0 Å². The lowest BCUT2D eigenvalue weighted by atomic mass is 10.00. The van der Waals surface area contributed by atoms with Crippen LogP contribution < -0.4 is 4.90 Å². The summed E-state index contributed by atoms with van der Waals surface area (Å²) in [5.74, 6) is 2.70. The number of para-hydroxylation sites is 3. The van der Waals surface area contributed by atoms with Gasteiger partial charge in [-0.1, -0.05) is 78.9 Å². The lowest BCUT2D eigenvalue weighted by Gasteiger charge is -2.26. The molecule has 0 saturated heterocycles. The predicted molar refractivity (Wildman–Crippen MR) is 180 cm³/mol. The number of aryl methyl sites for hydroxylation is 2. The quantitative estimate of drug-likeness (QED) is 0.200. The molecule has 5 nitrogen and oxygen atoms in total. The summed E-state index contributed by atoms with van der Waals surface area (Å²) in [6, 6.07) is 43.2. The summed E-state index contributed by atoms with van der Waals surface area (Å²) in [5, 5.41) is 2.45. The van der Waals surface area contributed by atoms with Crippen molar-refractivity contribution in [2.75, 3.05) is 11.9 Å². The summed E-state index contributed by atoms with van der Waals surface area (Å²) in [6.07, 6.45) is 5.03. The molecule has 0 amide bonds. The fourth-order valence-electron chi connectivity index (χ4n) is 7.09. The Morgan fingerprint density at radius 3 is 2.16 bits per heavy atom. The smallest absolute Gasteiger partial charge is 0.209 e. The molecule has 0 spiro atoms. The second-order valence-corrected chi connectivity index (χ2v) is 11.7. The monoisotopic (exact) mass is 568 g/mol. The lowest BCUT2D eigenvalue weighted by Crippen LogP contribution is -2.16. The summed E-state index contributed by atoms with van der Waals surface area (Å²) < 4.78 is 4.50. The Labute approximate surface area is 256 Å². The SMILES string of the molecule is C[N+]1=CCc2c(-c3ccc4c(n3)N(c3cccc(-n5c6ccccc6c6ccccc65)n3)c3ccccc3CC4)cccc21. The van der Waals surface area contributed by atoms with E-state index in [4.69, 9.17) is 9.97 Å². The standard InChI is InChI=1S/C39H30N5/c1-42-25-24-31-28(13-8-17-34(31)42)32-23-22-27-21-20-26-10-2-5-14-33(26)44(39(27)40-32)38-19-9-18-37(41-38)43-35-15-6-3-11-29(35)30-12-4-7-16-36(30)43/h2-19,22-23,25H,20-21,24H2,1H3/q+1. The molecular formula is C39H30N5+. The number of hydrogen-bond donors (Lipinski definition) is 0. The molecule has 0 N–H and O–H groups in total. The van der Waals surface area contributed by atoms with Crippen molar-refractivity contribution < 1.29 is 4.58 Å². The first-order valence-corrected chi connectivity index (χ1v) is 15.3. The van der Waals surface area contributed by atoms with Crippen LogP contribution in [0.5, 0.6) is 0 Å². The molecule has 3 aromatic heterocycles. The third kappa shape index (κ3) is 3.75. The van der Waals surface area contributed by atoms with E-state index in [2.05, 4.69) is 149 Å². The lowest BCUT2D eigenvalue weighted by molar-refractivity contribution is -0.396. The molecule has 0 saturated carbocycles. The van der Waals surface area contributed by atoms with Gasteiger partial charge in [0.1, 0.15) is 30.7 Å². The van der Waals surface area contributed by atoms with Crippen molar-refractivity contribution >= 4 is 51.0 Å². The minimum Gasteiger partial charge on any atom is -0.294 e. The van der Waals surface area contributed by atoms with Crippen LogP contribution in [0.15, 0.2) is 121 Å². The van der Waals surface area contributed by atoms with Gasteiger partial charge in [-0.25, -0.2) is 14.5 Å². The molecule has 0 fully saturated rings. The van der Waals surface area contributed by atoms with Gasteiger partial charge in [0, 0.05) is 28.0 Å². The van der Waals surface area contributed by atoms with Gasteiger partial charge in [-0.05, 0) is 60.4 Å². The van der Waals surface area contributed by atoms with Crippen molar-refractivity contribution in [2.45, 2.75) is 19.3 Å². The van der Waals surface area contributed by atoms with Crippen LogP contribution in [-0.2, 0) is 19.3 Å². The molecule has 2 aliphatic rings. The Morgan fingerprint density at radius 2 is 1.32 bits per heavy atom. The molecule has 0 radical (unpaired) electrons.